The fraction of sp³-hybridized carbons (Fsp3) is 0.174. The molecule has 1 amide bonds. The molecule has 0 saturated heterocycles. The number of nitrogens with zero attached hydrogens (tertiary/aromatic N) is 3. The zero-order valence-corrected chi connectivity index (χ0v) is 16.2. The number of rotatable bonds is 7. The van der Waals surface area contributed by atoms with Crippen LogP contribution in [0.25, 0.3) is 16.6 Å². The Balaban J connectivity index is 1.29. The number of aryl methyl sites for hydroxylation is 1. The first kappa shape index (κ1) is 18.7. The molecular formula is C23H22N4O2. The summed E-state index contributed by atoms with van der Waals surface area (Å²) in [4.78, 5) is 16.8. The Morgan fingerprint density at radius 3 is 2.76 bits per heavy atom. The van der Waals surface area contributed by atoms with Gasteiger partial charge < -0.3 is 10.1 Å². The maximum atomic E-state index is 12.4. The van der Waals surface area contributed by atoms with Crippen LogP contribution in [0, 0.1) is 6.92 Å². The van der Waals surface area contributed by atoms with Crippen LogP contribution >= 0.6 is 0 Å². The number of ether oxygens (including phenoxy) is 1. The Bertz CT molecular complexity index is 1120. The van der Waals surface area contributed by atoms with E-state index in [1.165, 1.54) is 0 Å². The second kappa shape index (κ2) is 8.56. The number of para-hydroxylation sites is 2. The van der Waals surface area contributed by atoms with Crippen LogP contribution in [0.1, 0.15) is 22.6 Å². The van der Waals surface area contributed by atoms with Crippen LogP contribution in [0.4, 0.5) is 0 Å². The van der Waals surface area contributed by atoms with E-state index in [9.17, 15) is 4.79 Å². The first-order valence-corrected chi connectivity index (χ1v) is 9.59. The highest BCUT2D eigenvalue weighted by Crippen LogP contribution is 2.22. The quantitative estimate of drug-likeness (QED) is 0.489. The van der Waals surface area contributed by atoms with E-state index in [1.54, 1.807) is 16.9 Å². The van der Waals surface area contributed by atoms with Crippen molar-refractivity contribution in [1.29, 1.82) is 0 Å². The Labute approximate surface area is 169 Å². The van der Waals surface area contributed by atoms with Gasteiger partial charge in [0.1, 0.15) is 11.3 Å². The molecule has 1 N–H and O–H groups in total. The molecule has 0 saturated carbocycles. The van der Waals surface area contributed by atoms with Gasteiger partial charge in [0.05, 0.1) is 12.3 Å². The number of amides is 1. The maximum Gasteiger partial charge on any atom is 0.271 e. The van der Waals surface area contributed by atoms with Gasteiger partial charge in [0.25, 0.3) is 5.91 Å². The summed E-state index contributed by atoms with van der Waals surface area (Å²) in [5, 5.41) is 8.37. The number of fused-ring (bicyclic) bond motifs is 1. The van der Waals surface area contributed by atoms with Crippen molar-refractivity contribution in [3.8, 4) is 11.4 Å². The summed E-state index contributed by atoms with van der Waals surface area (Å²) in [7, 11) is 0. The molecule has 6 heteroatoms. The van der Waals surface area contributed by atoms with Crippen molar-refractivity contribution >= 4 is 16.8 Å². The molecule has 2 aromatic heterocycles. The van der Waals surface area contributed by atoms with Gasteiger partial charge in [-0.3, -0.25) is 9.78 Å². The van der Waals surface area contributed by atoms with Crippen molar-refractivity contribution in [2.45, 2.75) is 13.3 Å². The van der Waals surface area contributed by atoms with E-state index >= 15 is 0 Å². The Kier molecular flexibility index (Phi) is 5.52. The van der Waals surface area contributed by atoms with Crippen molar-refractivity contribution in [3.63, 3.8) is 0 Å². The van der Waals surface area contributed by atoms with Gasteiger partial charge in [0.2, 0.25) is 0 Å². The molecule has 0 aliphatic heterocycles. The smallest absolute Gasteiger partial charge is 0.271 e. The number of carbonyl (C=O) groups is 1. The molecule has 2 heterocycles. The number of hydrogen-bond acceptors (Lipinski definition) is 4. The lowest BCUT2D eigenvalue weighted by Crippen LogP contribution is -2.26. The highest BCUT2D eigenvalue weighted by molar-refractivity contribution is 5.92. The van der Waals surface area contributed by atoms with E-state index in [0.29, 0.717) is 25.3 Å². The molecule has 4 aromatic rings. The van der Waals surface area contributed by atoms with Crippen molar-refractivity contribution in [2.75, 3.05) is 13.2 Å². The molecule has 4 rings (SSSR count). The Morgan fingerprint density at radius 2 is 1.90 bits per heavy atom. The predicted molar refractivity (Wildman–Crippen MR) is 112 cm³/mol. The predicted octanol–water partition coefficient (Wildman–Crippen LogP) is 3.93. The van der Waals surface area contributed by atoms with Crippen LogP contribution in [0.5, 0.6) is 5.75 Å². The third-order valence-corrected chi connectivity index (χ3v) is 4.58. The third-order valence-electron chi connectivity index (χ3n) is 4.58. The lowest BCUT2D eigenvalue weighted by Gasteiger charge is -2.09. The number of aromatic nitrogens is 3. The summed E-state index contributed by atoms with van der Waals surface area (Å²) in [6.45, 7) is 2.94. The molecule has 2 aromatic carbocycles. The zero-order valence-electron chi connectivity index (χ0n) is 16.2. The van der Waals surface area contributed by atoms with Crippen LogP contribution in [-0.2, 0) is 0 Å². The minimum atomic E-state index is -0.186. The molecule has 29 heavy (non-hydrogen) atoms. The van der Waals surface area contributed by atoms with E-state index in [2.05, 4.69) is 15.4 Å². The van der Waals surface area contributed by atoms with Gasteiger partial charge >= 0.3 is 0 Å². The molecule has 6 nitrogen and oxygen atoms in total. The molecule has 0 aliphatic rings. The van der Waals surface area contributed by atoms with Gasteiger partial charge in [-0.25, -0.2) is 4.68 Å². The number of carbonyl (C=O) groups excluding carboxylic acids is 1. The van der Waals surface area contributed by atoms with Crippen LogP contribution in [0.15, 0.2) is 72.9 Å². The average Bonchev–Trinajstić information content (AvgIpc) is 3.16. The van der Waals surface area contributed by atoms with Gasteiger partial charge in [-0.05, 0) is 43.7 Å². The van der Waals surface area contributed by atoms with Gasteiger partial charge in [0, 0.05) is 23.8 Å². The van der Waals surface area contributed by atoms with Crippen molar-refractivity contribution in [1.82, 2.24) is 20.1 Å². The Hall–Kier alpha value is -3.67. The molecule has 0 spiro atoms. The lowest BCUT2D eigenvalue weighted by molar-refractivity contribution is 0.0946. The summed E-state index contributed by atoms with van der Waals surface area (Å²) in [6, 6.07) is 21.3. The topological polar surface area (TPSA) is 69.0 Å². The summed E-state index contributed by atoms with van der Waals surface area (Å²) in [5.41, 5.74) is 3.10. The molecule has 0 atom stereocenters. The second-order valence-corrected chi connectivity index (χ2v) is 6.71. The molecule has 0 aliphatic carbocycles. The van der Waals surface area contributed by atoms with Crippen molar-refractivity contribution in [2.24, 2.45) is 0 Å². The number of hydrogen-bond donors (Lipinski definition) is 1. The molecule has 0 bridgehead atoms. The van der Waals surface area contributed by atoms with Crippen LogP contribution in [0.2, 0.25) is 0 Å². The molecule has 0 fully saturated rings. The molecule has 0 unspecified atom stereocenters. The largest absolute Gasteiger partial charge is 0.491 e. The summed E-state index contributed by atoms with van der Waals surface area (Å²) in [6.07, 6.45) is 2.44. The highest BCUT2D eigenvalue weighted by atomic mass is 16.5. The fourth-order valence-corrected chi connectivity index (χ4v) is 3.16. The van der Waals surface area contributed by atoms with Crippen molar-refractivity contribution < 1.29 is 9.53 Å². The minimum Gasteiger partial charge on any atom is -0.491 e. The highest BCUT2D eigenvalue weighted by Gasteiger charge is 2.12. The van der Waals surface area contributed by atoms with E-state index in [1.807, 2.05) is 67.6 Å². The fourth-order valence-electron chi connectivity index (χ4n) is 3.16. The lowest BCUT2D eigenvalue weighted by atomic mass is 10.2. The number of nitrogens with one attached hydrogen (secondary N) is 1. The summed E-state index contributed by atoms with van der Waals surface area (Å²) >= 11 is 0. The third kappa shape index (κ3) is 4.27. The first-order chi connectivity index (χ1) is 14.2. The first-order valence-electron chi connectivity index (χ1n) is 9.59. The van der Waals surface area contributed by atoms with Crippen LogP contribution in [-0.4, -0.2) is 33.8 Å². The number of benzene rings is 2. The average molecular weight is 386 g/mol. The van der Waals surface area contributed by atoms with E-state index in [4.69, 9.17) is 4.74 Å². The van der Waals surface area contributed by atoms with Crippen LogP contribution in [0.3, 0.4) is 0 Å². The normalized spacial score (nSPS) is 10.8. The number of pyridine rings is 1. The monoisotopic (exact) mass is 386 g/mol. The van der Waals surface area contributed by atoms with Gasteiger partial charge in [-0.2, -0.15) is 5.10 Å². The van der Waals surface area contributed by atoms with Gasteiger partial charge in [-0.1, -0.05) is 36.4 Å². The SMILES string of the molecule is Cc1cc(C(=O)NCCCOc2cccc3cccnc23)nn1-c1ccccc1. The van der Waals surface area contributed by atoms with E-state index in [0.717, 1.165) is 28.0 Å². The zero-order chi connectivity index (χ0) is 20.1. The molecular weight excluding hydrogens is 364 g/mol. The van der Waals surface area contributed by atoms with E-state index < -0.39 is 0 Å². The van der Waals surface area contributed by atoms with E-state index in [-0.39, 0.29) is 5.91 Å². The standard InChI is InChI=1S/C23H22N4O2/c1-17-16-20(26-27(17)19-10-3-2-4-11-19)23(28)25-14-7-15-29-21-12-5-8-18-9-6-13-24-22(18)21/h2-6,8-13,16H,7,14-15H2,1H3,(H,25,28). The minimum absolute atomic E-state index is 0.186. The summed E-state index contributed by atoms with van der Waals surface area (Å²) in [5.74, 6) is 0.571. The Morgan fingerprint density at radius 1 is 1.07 bits per heavy atom. The van der Waals surface area contributed by atoms with Gasteiger partial charge in [-0.15, -0.1) is 0 Å². The summed E-state index contributed by atoms with van der Waals surface area (Å²) < 4.78 is 7.62. The molecule has 146 valence electrons. The maximum absolute atomic E-state index is 12.4. The second-order valence-electron chi connectivity index (χ2n) is 6.71. The van der Waals surface area contributed by atoms with Crippen molar-refractivity contribution in [3.05, 3.63) is 84.3 Å². The molecule has 0 radical (unpaired) electrons. The van der Waals surface area contributed by atoms with Gasteiger partial charge in [0.15, 0.2) is 5.69 Å². The van der Waals surface area contributed by atoms with Crippen LogP contribution < -0.4 is 10.1 Å².